The summed E-state index contributed by atoms with van der Waals surface area (Å²) < 4.78 is 0. The summed E-state index contributed by atoms with van der Waals surface area (Å²) in [7, 11) is 0. The van der Waals surface area contributed by atoms with E-state index in [4.69, 9.17) is 11.5 Å². The number of nitrogens with one attached hydrogen (secondary N) is 2. The lowest BCUT2D eigenvalue weighted by Crippen LogP contribution is -2.52. The van der Waals surface area contributed by atoms with Gasteiger partial charge in [0.2, 0.25) is 11.8 Å². The second-order valence-electron chi connectivity index (χ2n) is 7.73. The summed E-state index contributed by atoms with van der Waals surface area (Å²) in [6.07, 6.45) is 3.94. The minimum absolute atomic E-state index is 0.000283. The summed E-state index contributed by atoms with van der Waals surface area (Å²) in [5.74, 6) is -0.376. The first-order valence-corrected chi connectivity index (χ1v) is 10.4. The number of benzene rings is 1. The summed E-state index contributed by atoms with van der Waals surface area (Å²) in [6, 6.07) is 6.29. The van der Waals surface area contributed by atoms with Gasteiger partial charge in [0.1, 0.15) is 18.4 Å². The molecule has 162 valence electrons. The van der Waals surface area contributed by atoms with Gasteiger partial charge in [0, 0.05) is 19.6 Å². The lowest BCUT2D eigenvalue weighted by molar-refractivity contribution is -0.140. The Hall–Kier alpha value is -2.94. The van der Waals surface area contributed by atoms with Gasteiger partial charge < -0.3 is 31.8 Å². The lowest BCUT2D eigenvalue weighted by Gasteiger charge is -2.32. The zero-order chi connectivity index (χ0) is 21.5. The van der Waals surface area contributed by atoms with Crippen LogP contribution in [-0.2, 0) is 20.8 Å². The van der Waals surface area contributed by atoms with Crippen LogP contribution in [0.5, 0.6) is 0 Å². The smallest absolute Gasteiger partial charge is 0.245 e. The van der Waals surface area contributed by atoms with Crippen molar-refractivity contribution >= 4 is 24.1 Å². The normalized spacial score (nSPS) is 21.4. The first-order valence-electron chi connectivity index (χ1n) is 10.4. The van der Waals surface area contributed by atoms with Gasteiger partial charge in [-0.05, 0) is 43.2 Å². The highest BCUT2D eigenvalue weighted by Crippen LogP contribution is 2.28. The van der Waals surface area contributed by atoms with E-state index in [0.717, 1.165) is 30.5 Å². The van der Waals surface area contributed by atoms with E-state index in [0.29, 0.717) is 38.6 Å². The summed E-state index contributed by atoms with van der Waals surface area (Å²) in [5, 5.41) is 6.07. The van der Waals surface area contributed by atoms with Gasteiger partial charge in [-0.2, -0.15) is 0 Å². The van der Waals surface area contributed by atoms with Gasteiger partial charge in [-0.1, -0.05) is 24.3 Å². The van der Waals surface area contributed by atoms with E-state index in [1.165, 1.54) is 0 Å². The molecule has 0 bridgehead atoms. The van der Waals surface area contributed by atoms with Crippen LogP contribution in [0.25, 0.3) is 0 Å². The zero-order valence-corrected chi connectivity index (χ0v) is 17.0. The molecule has 1 saturated heterocycles. The Kier molecular flexibility index (Phi) is 7.40. The molecule has 1 aromatic carbocycles. The lowest BCUT2D eigenvalue weighted by atomic mass is 9.93. The number of nitrogens with zero attached hydrogens (tertiary/aromatic N) is 2. The van der Waals surface area contributed by atoms with Crippen molar-refractivity contribution in [3.05, 3.63) is 35.4 Å². The Labute approximate surface area is 176 Å². The molecule has 1 unspecified atom stereocenters. The third kappa shape index (κ3) is 5.15. The number of hydrogen-bond acceptors (Lipinski definition) is 5. The zero-order valence-electron chi connectivity index (χ0n) is 17.0. The van der Waals surface area contributed by atoms with Crippen LogP contribution < -0.4 is 22.1 Å². The Balaban J connectivity index is 1.62. The standard InChI is InChI=1S/C21H30N6O3/c22-21(23)25-10-3-6-15(13-28)26-19(29)17-8-4-12-27(17)20(30)18-16-7-2-1-5-14(16)9-11-24-18/h1-2,5,7,13,15,17-18,24H,3-4,6,8-12H2,(H,26,29)(H4,22,23,25)/t15-,17+,18?/m0/s1. The molecule has 9 heteroatoms. The summed E-state index contributed by atoms with van der Waals surface area (Å²) in [4.78, 5) is 43.0. The fourth-order valence-electron chi connectivity index (χ4n) is 4.17. The Morgan fingerprint density at radius 1 is 1.33 bits per heavy atom. The van der Waals surface area contributed by atoms with Gasteiger partial charge >= 0.3 is 0 Å². The highest BCUT2D eigenvalue weighted by Gasteiger charge is 2.39. The maximum atomic E-state index is 13.3. The van der Waals surface area contributed by atoms with Crippen molar-refractivity contribution in [2.75, 3.05) is 19.6 Å². The fraction of sp³-hybridized carbons (Fsp3) is 0.524. The summed E-state index contributed by atoms with van der Waals surface area (Å²) >= 11 is 0. The number of likely N-dealkylation sites (tertiary alicyclic amines) is 1. The molecule has 0 saturated carbocycles. The average molecular weight is 415 g/mol. The number of carbonyl (C=O) groups is 3. The predicted molar refractivity (Wildman–Crippen MR) is 114 cm³/mol. The quantitative estimate of drug-likeness (QED) is 0.197. The molecule has 6 N–H and O–H groups in total. The Morgan fingerprint density at radius 3 is 2.90 bits per heavy atom. The van der Waals surface area contributed by atoms with E-state index in [-0.39, 0.29) is 17.8 Å². The molecule has 2 aliphatic heterocycles. The number of aldehydes is 1. The number of nitrogens with two attached hydrogens (primary N) is 2. The van der Waals surface area contributed by atoms with E-state index < -0.39 is 18.1 Å². The number of carbonyl (C=O) groups excluding carboxylic acids is 3. The van der Waals surface area contributed by atoms with Crippen LogP contribution in [-0.4, -0.2) is 60.7 Å². The summed E-state index contributed by atoms with van der Waals surface area (Å²) in [6.45, 7) is 1.65. The number of amides is 2. The van der Waals surface area contributed by atoms with E-state index in [1.54, 1.807) is 4.90 Å². The molecule has 3 rings (SSSR count). The van der Waals surface area contributed by atoms with Crippen molar-refractivity contribution < 1.29 is 14.4 Å². The molecule has 3 atom stereocenters. The highest BCUT2D eigenvalue weighted by molar-refractivity contribution is 5.92. The minimum atomic E-state index is -0.627. The SMILES string of the molecule is NC(N)=NCCC[C@@H](C=O)NC(=O)[C@H]1CCCN1C(=O)C1NCCc2ccccc21. The van der Waals surface area contributed by atoms with Crippen LogP contribution in [0, 0.1) is 0 Å². The Bertz CT molecular complexity index is 808. The fourth-order valence-corrected chi connectivity index (χ4v) is 4.17. The summed E-state index contributed by atoms with van der Waals surface area (Å²) in [5.41, 5.74) is 12.7. The van der Waals surface area contributed by atoms with Crippen LogP contribution in [0.1, 0.15) is 42.9 Å². The molecule has 2 aliphatic rings. The van der Waals surface area contributed by atoms with E-state index in [9.17, 15) is 14.4 Å². The average Bonchev–Trinajstić information content (AvgIpc) is 3.24. The maximum Gasteiger partial charge on any atom is 0.245 e. The van der Waals surface area contributed by atoms with Crippen LogP contribution in [0.3, 0.4) is 0 Å². The third-order valence-corrected chi connectivity index (χ3v) is 5.65. The molecule has 0 radical (unpaired) electrons. The van der Waals surface area contributed by atoms with Crippen molar-refractivity contribution in [2.45, 2.75) is 50.2 Å². The third-order valence-electron chi connectivity index (χ3n) is 5.65. The van der Waals surface area contributed by atoms with Crippen molar-refractivity contribution in [2.24, 2.45) is 16.5 Å². The second kappa shape index (κ2) is 10.2. The molecule has 2 heterocycles. The van der Waals surface area contributed by atoms with Crippen LogP contribution in [0.15, 0.2) is 29.3 Å². The van der Waals surface area contributed by atoms with E-state index in [1.807, 2.05) is 24.3 Å². The van der Waals surface area contributed by atoms with E-state index >= 15 is 0 Å². The molecule has 1 aromatic rings. The molecular formula is C21H30N6O3. The molecule has 9 nitrogen and oxygen atoms in total. The van der Waals surface area contributed by atoms with Gasteiger partial charge in [-0.25, -0.2) is 0 Å². The number of fused-ring (bicyclic) bond motifs is 1. The first kappa shape index (κ1) is 21.8. The van der Waals surface area contributed by atoms with Crippen LogP contribution >= 0.6 is 0 Å². The van der Waals surface area contributed by atoms with Crippen molar-refractivity contribution in [3.63, 3.8) is 0 Å². The van der Waals surface area contributed by atoms with E-state index in [2.05, 4.69) is 15.6 Å². The maximum absolute atomic E-state index is 13.3. The molecule has 30 heavy (non-hydrogen) atoms. The topological polar surface area (TPSA) is 143 Å². The highest BCUT2D eigenvalue weighted by atomic mass is 16.2. The first-order chi connectivity index (χ1) is 14.5. The van der Waals surface area contributed by atoms with Crippen LogP contribution in [0.2, 0.25) is 0 Å². The monoisotopic (exact) mass is 414 g/mol. The van der Waals surface area contributed by atoms with Crippen molar-refractivity contribution in [3.8, 4) is 0 Å². The molecule has 0 aliphatic carbocycles. The second-order valence-corrected chi connectivity index (χ2v) is 7.73. The molecule has 2 amide bonds. The number of hydrogen-bond donors (Lipinski definition) is 4. The molecule has 0 spiro atoms. The Morgan fingerprint density at radius 2 is 2.13 bits per heavy atom. The largest absolute Gasteiger partial charge is 0.370 e. The van der Waals surface area contributed by atoms with Crippen LogP contribution in [0.4, 0.5) is 0 Å². The van der Waals surface area contributed by atoms with Gasteiger partial charge in [0.05, 0.1) is 6.04 Å². The number of guanidine groups is 1. The van der Waals surface area contributed by atoms with Gasteiger partial charge in [-0.15, -0.1) is 0 Å². The van der Waals surface area contributed by atoms with Gasteiger partial charge in [0.25, 0.3) is 0 Å². The van der Waals surface area contributed by atoms with Gasteiger partial charge in [-0.3, -0.25) is 14.6 Å². The number of aliphatic imine (C=N–C) groups is 1. The van der Waals surface area contributed by atoms with Gasteiger partial charge in [0.15, 0.2) is 5.96 Å². The minimum Gasteiger partial charge on any atom is -0.370 e. The predicted octanol–water partition coefficient (Wildman–Crippen LogP) is -0.398. The van der Waals surface area contributed by atoms with Crippen molar-refractivity contribution in [1.29, 1.82) is 0 Å². The molecule has 0 aromatic heterocycles. The molecule has 1 fully saturated rings. The molecular weight excluding hydrogens is 384 g/mol. The number of rotatable bonds is 8. The van der Waals surface area contributed by atoms with Crippen molar-refractivity contribution in [1.82, 2.24) is 15.5 Å².